The number of hydrogen-bond acceptors (Lipinski definition) is 3. The average molecular weight is 369 g/mol. The van der Waals surface area contributed by atoms with Gasteiger partial charge in [-0.3, -0.25) is 0 Å². The number of nitrogens with one attached hydrogen (secondary N) is 1. The Morgan fingerprint density at radius 2 is 2.00 bits per heavy atom. The molecule has 0 atom stereocenters. The van der Waals surface area contributed by atoms with E-state index in [9.17, 15) is 13.2 Å². The monoisotopic (exact) mass is 369 g/mol. The van der Waals surface area contributed by atoms with Crippen LogP contribution in [0.3, 0.4) is 0 Å². The van der Waals surface area contributed by atoms with E-state index in [1.54, 1.807) is 12.1 Å². The van der Waals surface area contributed by atoms with Crippen LogP contribution in [0.1, 0.15) is 30.0 Å². The van der Waals surface area contributed by atoms with E-state index in [1.165, 1.54) is 31.4 Å². The minimum Gasteiger partial charge on any atom is -0.488 e. The average Bonchev–Trinajstić information content (AvgIpc) is 2.60. The molecule has 0 aliphatic carbocycles. The third-order valence-corrected chi connectivity index (χ3v) is 3.90. The largest absolute Gasteiger partial charge is 0.488 e. The van der Waals surface area contributed by atoms with Gasteiger partial charge in [-0.1, -0.05) is 19.1 Å². The van der Waals surface area contributed by atoms with Gasteiger partial charge in [-0.2, -0.15) is 0 Å². The minimum absolute atomic E-state index is 0.0238. The molecule has 0 aliphatic rings. The normalized spacial score (nSPS) is 10.6. The fourth-order valence-electron chi connectivity index (χ4n) is 2.25. The van der Waals surface area contributed by atoms with Crippen molar-refractivity contribution in [2.45, 2.75) is 26.4 Å². The first-order chi connectivity index (χ1) is 12.0. The van der Waals surface area contributed by atoms with Crippen molar-refractivity contribution in [2.24, 2.45) is 0 Å². The minimum atomic E-state index is -2.68. The lowest BCUT2D eigenvalue weighted by atomic mass is 10.1. The standard InChI is InChI=1S/C18H18F3NO2S/c1-3-11-7-8-16(12(9-11)17(20)21)24-10-13-14(19)5-4-6-15(13)22-18(25)23-2/h4-9,17H,3,10H2,1-2H3,(H,22,25). The van der Waals surface area contributed by atoms with Crippen LogP contribution in [0, 0.1) is 5.82 Å². The van der Waals surface area contributed by atoms with Gasteiger partial charge in [0.15, 0.2) is 0 Å². The molecule has 2 aromatic carbocycles. The van der Waals surface area contributed by atoms with Crippen LogP contribution in [-0.4, -0.2) is 12.3 Å². The van der Waals surface area contributed by atoms with E-state index in [0.717, 1.165) is 5.56 Å². The van der Waals surface area contributed by atoms with Crippen LogP contribution in [0.2, 0.25) is 0 Å². The van der Waals surface area contributed by atoms with E-state index < -0.39 is 12.2 Å². The Balaban J connectivity index is 2.26. The van der Waals surface area contributed by atoms with Crippen LogP contribution in [-0.2, 0) is 17.8 Å². The second kappa shape index (κ2) is 8.71. The van der Waals surface area contributed by atoms with Crippen molar-refractivity contribution in [2.75, 3.05) is 12.4 Å². The van der Waals surface area contributed by atoms with Crippen molar-refractivity contribution in [3.05, 3.63) is 58.9 Å². The zero-order valence-electron chi connectivity index (χ0n) is 13.8. The molecule has 3 nitrogen and oxygen atoms in total. The topological polar surface area (TPSA) is 30.5 Å². The van der Waals surface area contributed by atoms with Crippen molar-refractivity contribution >= 4 is 23.1 Å². The zero-order valence-corrected chi connectivity index (χ0v) is 14.6. The summed E-state index contributed by atoms with van der Waals surface area (Å²) in [5.74, 6) is -0.511. The highest BCUT2D eigenvalue weighted by Gasteiger charge is 2.17. The van der Waals surface area contributed by atoms with Crippen molar-refractivity contribution < 1.29 is 22.6 Å². The number of rotatable bonds is 6. The maximum absolute atomic E-state index is 14.1. The maximum Gasteiger partial charge on any atom is 0.267 e. The third-order valence-electron chi connectivity index (χ3n) is 3.63. The van der Waals surface area contributed by atoms with Crippen LogP contribution in [0.15, 0.2) is 36.4 Å². The number of halogens is 3. The molecule has 0 fully saturated rings. The summed E-state index contributed by atoms with van der Waals surface area (Å²) < 4.78 is 50.9. The van der Waals surface area contributed by atoms with Gasteiger partial charge < -0.3 is 14.8 Å². The van der Waals surface area contributed by atoms with Gasteiger partial charge in [-0.25, -0.2) is 13.2 Å². The van der Waals surface area contributed by atoms with Gasteiger partial charge in [0.05, 0.1) is 18.4 Å². The van der Waals surface area contributed by atoms with Crippen molar-refractivity contribution in [1.29, 1.82) is 0 Å². The molecule has 0 amide bonds. The van der Waals surface area contributed by atoms with Gasteiger partial charge in [0.1, 0.15) is 18.2 Å². The molecule has 0 aromatic heterocycles. The highest BCUT2D eigenvalue weighted by Crippen LogP contribution is 2.31. The second-order valence-electron chi connectivity index (χ2n) is 5.20. The van der Waals surface area contributed by atoms with Crippen molar-refractivity contribution in [1.82, 2.24) is 0 Å². The maximum atomic E-state index is 14.1. The molecule has 0 heterocycles. The molecule has 0 radical (unpaired) electrons. The first-order valence-corrected chi connectivity index (χ1v) is 8.03. The lowest BCUT2D eigenvalue weighted by Gasteiger charge is -2.16. The molecule has 0 saturated carbocycles. The van der Waals surface area contributed by atoms with Crippen molar-refractivity contribution in [3.8, 4) is 5.75 Å². The molecule has 134 valence electrons. The Kier molecular flexibility index (Phi) is 6.64. The highest BCUT2D eigenvalue weighted by molar-refractivity contribution is 7.80. The highest BCUT2D eigenvalue weighted by atomic mass is 32.1. The van der Waals surface area contributed by atoms with E-state index in [2.05, 4.69) is 5.32 Å². The van der Waals surface area contributed by atoms with Gasteiger partial charge in [0, 0.05) is 5.56 Å². The van der Waals surface area contributed by atoms with Crippen LogP contribution in [0.5, 0.6) is 5.75 Å². The Labute approximate surface area is 149 Å². The Bertz CT molecular complexity index is 753. The zero-order chi connectivity index (χ0) is 18.4. The van der Waals surface area contributed by atoms with E-state index in [-0.39, 0.29) is 28.7 Å². The molecule has 7 heteroatoms. The summed E-state index contributed by atoms with van der Waals surface area (Å²) in [4.78, 5) is 0. The van der Waals surface area contributed by atoms with Crippen LogP contribution >= 0.6 is 12.2 Å². The van der Waals surface area contributed by atoms with Crippen LogP contribution < -0.4 is 10.1 Å². The summed E-state index contributed by atoms with van der Waals surface area (Å²) in [5, 5.41) is 2.80. The molecule has 25 heavy (non-hydrogen) atoms. The lowest BCUT2D eigenvalue weighted by molar-refractivity contribution is 0.144. The third kappa shape index (κ3) is 4.85. The van der Waals surface area contributed by atoms with E-state index in [0.29, 0.717) is 12.1 Å². The number of aryl methyl sites for hydroxylation is 1. The first-order valence-electron chi connectivity index (χ1n) is 7.62. The lowest BCUT2D eigenvalue weighted by Crippen LogP contribution is -2.14. The number of ether oxygens (including phenoxy) is 2. The molecule has 0 unspecified atom stereocenters. The summed E-state index contributed by atoms with van der Waals surface area (Å²) in [6.45, 7) is 1.65. The number of thiocarbonyl (C=S) groups is 1. The molecule has 0 bridgehead atoms. The van der Waals surface area contributed by atoms with Gasteiger partial charge in [0.25, 0.3) is 11.6 Å². The van der Waals surface area contributed by atoms with Gasteiger partial charge in [-0.15, -0.1) is 0 Å². The fourth-order valence-corrected chi connectivity index (χ4v) is 2.36. The summed E-state index contributed by atoms with van der Waals surface area (Å²) in [7, 11) is 1.38. The quantitative estimate of drug-likeness (QED) is 0.705. The van der Waals surface area contributed by atoms with Crippen LogP contribution in [0.25, 0.3) is 0 Å². The fraction of sp³-hybridized carbons (Fsp3) is 0.278. The Morgan fingerprint density at radius 3 is 2.64 bits per heavy atom. The van der Waals surface area contributed by atoms with Crippen molar-refractivity contribution in [3.63, 3.8) is 0 Å². The smallest absolute Gasteiger partial charge is 0.267 e. The number of methoxy groups -OCH3 is 1. The number of anilines is 1. The van der Waals surface area contributed by atoms with E-state index in [1.807, 2.05) is 6.92 Å². The Morgan fingerprint density at radius 1 is 1.24 bits per heavy atom. The summed E-state index contributed by atoms with van der Waals surface area (Å²) >= 11 is 4.90. The van der Waals surface area contributed by atoms with E-state index >= 15 is 0 Å². The predicted octanol–water partition coefficient (Wildman–Crippen LogP) is 5.25. The van der Waals surface area contributed by atoms with Gasteiger partial charge in [0.2, 0.25) is 0 Å². The number of alkyl halides is 2. The summed E-state index contributed by atoms with van der Waals surface area (Å²) in [5.41, 5.74) is 1.09. The van der Waals surface area contributed by atoms with E-state index in [4.69, 9.17) is 21.7 Å². The molecule has 2 rings (SSSR count). The Hall–Kier alpha value is -2.28. The second-order valence-corrected chi connectivity index (χ2v) is 5.57. The van der Waals surface area contributed by atoms with Crippen LogP contribution in [0.4, 0.5) is 18.9 Å². The SMILES string of the molecule is CCc1ccc(OCc2c(F)cccc2NC(=S)OC)c(C(F)F)c1. The molecule has 0 spiro atoms. The first kappa shape index (κ1) is 19.1. The molecule has 1 N–H and O–H groups in total. The molecule has 0 aliphatic heterocycles. The predicted molar refractivity (Wildman–Crippen MR) is 94.7 cm³/mol. The summed E-state index contributed by atoms with van der Waals surface area (Å²) in [6, 6.07) is 8.95. The summed E-state index contributed by atoms with van der Waals surface area (Å²) in [6.07, 6.45) is -2.05. The van der Waals surface area contributed by atoms with Gasteiger partial charge in [-0.05, 0) is 48.5 Å². The molecule has 0 saturated heterocycles. The molecule has 2 aromatic rings. The molecular weight excluding hydrogens is 351 g/mol. The molecular formula is C18H18F3NO2S. The van der Waals surface area contributed by atoms with Gasteiger partial charge >= 0.3 is 0 Å². The number of hydrogen-bond donors (Lipinski definition) is 1. The number of benzene rings is 2.